The molecule has 1 N–H and O–H groups in total. The molecule has 0 bridgehead atoms. The van der Waals surface area contributed by atoms with Crippen LogP contribution >= 0.6 is 39.1 Å². The first-order valence-electron chi connectivity index (χ1n) is 5.08. The lowest BCUT2D eigenvalue weighted by Gasteiger charge is -2.07. The third-order valence-electron chi connectivity index (χ3n) is 2.31. The van der Waals surface area contributed by atoms with Gasteiger partial charge in [0.05, 0.1) is 10.0 Å². The van der Waals surface area contributed by atoms with Crippen LogP contribution in [0.1, 0.15) is 5.56 Å². The third-order valence-corrected chi connectivity index (χ3v) is 3.54. The fourth-order valence-corrected chi connectivity index (χ4v) is 2.17. The van der Waals surface area contributed by atoms with Gasteiger partial charge in [0.1, 0.15) is 0 Å². The summed E-state index contributed by atoms with van der Waals surface area (Å²) in [4.78, 5) is 0. The topological polar surface area (TPSA) is 12.0 Å². The smallest absolute Gasteiger partial charge is 0.0595 e. The monoisotopic (exact) mass is 329 g/mol. The van der Waals surface area contributed by atoms with Gasteiger partial charge in [0.2, 0.25) is 0 Å². The van der Waals surface area contributed by atoms with Crippen molar-refractivity contribution in [2.45, 2.75) is 6.54 Å². The average molecular weight is 331 g/mol. The first-order valence-corrected chi connectivity index (χ1v) is 6.63. The highest BCUT2D eigenvalue weighted by Gasteiger charge is 1.99. The molecule has 0 aliphatic rings. The molecule has 0 saturated heterocycles. The SMILES string of the molecule is Clc1ccc(CNc2cccc(Br)c2)cc1Cl. The molecular weight excluding hydrogens is 321 g/mol. The molecule has 17 heavy (non-hydrogen) atoms. The van der Waals surface area contributed by atoms with E-state index in [9.17, 15) is 0 Å². The Balaban J connectivity index is 2.05. The van der Waals surface area contributed by atoms with E-state index in [1.165, 1.54) is 0 Å². The minimum atomic E-state index is 0.581. The maximum atomic E-state index is 5.95. The highest BCUT2D eigenvalue weighted by molar-refractivity contribution is 9.10. The molecule has 0 radical (unpaired) electrons. The molecule has 0 spiro atoms. The third kappa shape index (κ3) is 3.63. The number of anilines is 1. The quantitative estimate of drug-likeness (QED) is 0.797. The molecule has 0 aliphatic heterocycles. The fraction of sp³-hybridized carbons (Fsp3) is 0.0769. The van der Waals surface area contributed by atoms with Crippen LogP contribution in [0.2, 0.25) is 10.0 Å². The molecule has 0 fully saturated rings. The van der Waals surface area contributed by atoms with E-state index >= 15 is 0 Å². The molecule has 2 aromatic carbocycles. The summed E-state index contributed by atoms with van der Waals surface area (Å²) in [5, 5.41) is 4.48. The maximum absolute atomic E-state index is 5.95. The lowest BCUT2D eigenvalue weighted by atomic mass is 10.2. The summed E-state index contributed by atoms with van der Waals surface area (Å²) in [7, 11) is 0. The largest absolute Gasteiger partial charge is 0.381 e. The Morgan fingerprint density at radius 2 is 1.82 bits per heavy atom. The van der Waals surface area contributed by atoms with E-state index in [1.54, 1.807) is 0 Å². The van der Waals surface area contributed by atoms with Crippen LogP contribution in [0.5, 0.6) is 0 Å². The van der Waals surface area contributed by atoms with Crippen molar-refractivity contribution < 1.29 is 0 Å². The number of benzene rings is 2. The van der Waals surface area contributed by atoms with Crippen LogP contribution in [0.15, 0.2) is 46.9 Å². The van der Waals surface area contributed by atoms with Crippen LogP contribution in [0.25, 0.3) is 0 Å². The van der Waals surface area contributed by atoms with Crippen LogP contribution in [-0.4, -0.2) is 0 Å². The Morgan fingerprint density at radius 1 is 1.00 bits per heavy atom. The number of nitrogens with one attached hydrogen (secondary N) is 1. The van der Waals surface area contributed by atoms with Crippen molar-refractivity contribution in [3.05, 3.63) is 62.5 Å². The van der Waals surface area contributed by atoms with Gasteiger partial charge in [-0.3, -0.25) is 0 Å². The van der Waals surface area contributed by atoms with Crippen LogP contribution < -0.4 is 5.32 Å². The molecule has 88 valence electrons. The van der Waals surface area contributed by atoms with Crippen molar-refractivity contribution in [1.29, 1.82) is 0 Å². The standard InChI is InChI=1S/C13H10BrCl2N/c14-10-2-1-3-11(7-10)17-8-9-4-5-12(15)13(16)6-9/h1-7,17H,8H2. The summed E-state index contributed by atoms with van der Waals surface area (Å²) in [5.41, 5.74) is 2.16. The van der Waals surface area contributed by atoms with Gasteiger partial charge in [-0.25, -0.2) is 0 Å². The van der Waals surface area contributed by atoms with Crippen molar-refractivity contribution >= 4 is 44.8 Å². The van der Waals surface area contributed by atoms with Gasteiger partial charge in [-0.1, -0.05) is 51.3 Å². The van der Waals surface area contributed by atoms with Crippen LogP contribution in [0, 0.1) is 0 Å². The predicted molar refractivity (Wildman–Crippen MR) is 77.9 cm³/mol. The second-order valence-electron chi connectivity index (χ2n) is 3.61. The molecule has 0 atom stereocenters. The summed E-state index contributed by atoms with van der Waals surface area (Å²) >= 11 is 15.2. The summed E-state index contributed by atoms with van der Waals surface area (Å²) in [5.74, 6) is 0. The van der Waals surface area contributed by atoms with Gasteiger partial charge in [0.15, 0.2) is 0 Å². The van der Waals surface area contributed by atoms with Gasteiger partial charge >= 0.3 is 0 Å². The Morgan fingerprint density at radius 3 is 2.53 bits per heavy atom. The van der Waals surface area contributed by atoms with Crippen molar-refractivity contribution in [3.8, 4) is 0 Å². The Bertz CT molecular complexity index is 529. The van der Waals surface area contributed by atoms with Gasteiger partial charge in [0.25, 0.3) is 0 Å². The van der Waals surface area contributed by atoms with Gasteiger partial charge in [-0.15, -0.1) is 0 Å². The normalized spacial score (nSPS) is 10.3. The summed E-state index contributed by atoms with van der Waals surface area (Å²) in [6, 6.07) is 13.7. The zero-order valence-electron chi connectivity index (χ0n) is 8.88. The van der Waals surface area contributed by atoms with Crippen molar-refractivity contribution in [2.24, 2.45) is 0 Å². The van der Waals surface area contributed by atoms with Crippen LogP contribution in [-0.2, 0) is 6.54 Å². The van der Waals surface area contributed by atoms with Gasteiger partial charge in [0, 0.05) is 16.7 Å². The maximum Gasteiger partial charge on any atom is 0.0595 e. The van der Waals surface area contributed by atoms with Crippen molar-refractivity contribution in [2.75, 3.05) is 5.32 Å². The zero-order valence-corrected chi connectivity index (χ0v) is 12.0. The predicted octanol–water partition coefficient (Wildman–Crippen LogP) is 5.37. The van der Waals surface area contributed by atoms with E-state index < -0.39 is 0 Å². The first kappa shape index (κ1) is 12.7. The molecule has 1 nitrogen and oxygen atoms in total. The Labute approximate surface area is 119 Å². The van der Waals surface area contributed by atoms with E-state index in [2.05, 4.69) is 21.2 Å². The average Bonchev–Trinajstić information content (AvgIpc) is 2.31. The molecule has 0 amide bonds. The second-order valence-corrected chi connectivity index (χ2v) is 5.34. The highest BCUT2D eigenvalue weighted by Crippen LogP contribution is 2.23. The van der Waals surface area contributed by atoms with E-state index in [1.807, 2.05) is 42.5 Å². The summed E-state index contributed by atoms with van der Waals surface area (Å²) in [6.45, 7) is 0.716. The summed E-state index contributed by atoms with van der Waals surface area (Å²) < 4.78 is 1.05. The lowest BCUT2D eigenvalue weighted by molar-refractivity contribution is 1.15. The minimum absolute atomic E-state index is 0.581. The Kier molecular flexibility index (Phi) is 4.32. The fourth-order valence-electron chi connectivity index (χ4n) is 1.45. The lowest BCUT2D eigenvalue weighted by Crippen LogP contribution is -1.99. The Hall–Kier alpha value is -0.700. The van der Waals surface area contributed by atoms with E-state index in [-0.39, 0.29) is 0 Å². The molecule has 0 aromatic heterocycles. The number of hydrogen-bond donors (Lipinski definition) is 1. The molecule has 4 heteroatoms. The van der Waals surface area contributed by atoms with Crippen LogP contribution in [0.3, 0.4) is 0 Å². The molecule has 2 aromatic rings. The molecule has 0 unspecified atom stereocenters. The molecular formula is C13H10BrCl2N. The first-order chi connectivity index (χ1) is 8.15. The van der Waals surface area contributed by atoms with Gasteiger partial charge in [-0.05, 0) is 35.9 Å². The van der Waals surface area contributed by atoms with Crippen LogP contribution in [0.4, 0.5) is 5.69 Å². The van der Waals surface area contributed by atoms with E-state index in [0.29, 0.717) is 16.6 Å². The van der Waals surface area contributed by atoms with Crippen molar-refractivity contribution in [3.63, 3.8) is 0 Å². The second kappa shape index (κ2) is 5.76. The van der Waals surface area contributed by atoms with Crippen molar-refractivity contribution in [1.82, 2.24) is 0 Å². The molecule has 0 heterocycles. The summed E-state index contributed by atoms with van der Waals surface area (Å²) in [6.07, 6.45) is 0. The van der Waals surface area contributed by atoms with E-state index in [4.69, 9.17) is 23.2 Å². The molecule has 2 rings (SSSR count). The van der Waals surface area contributed by atoms with Gasteiger partial charge in [-0.2, -0.15) is 0 Å². The number of hydrogen-bond acceptors (Lipinski definition) is 1. The highest BCUT2D eigenvalue weighted by atomic mass is 79.9. The van der Waals surface area contributed by atoms with Gasteiger partial charge < -0.3 is 5.32 Å². The number of rotatable bonds is 3. The molecule has 0 saturated carbocycles. The number of halogens is 3. The molecule has 0 aliphatic carbocycles. The minimum Gasteiger partial charge on any atom is -0.381 e. The van der Waals surface area contributed by atoms with E-state index in [0.717, 1.165) is 15.7 Å². The zero-order chi connectivity index (χ0) is 12.3.